The number of nitrogens with zero attached hydrogens (tertiary/aromatic N) is 3. The Morgan fingerprint density at radius 2 is 1.93 bits per heavy atom. The van der Waals surface area contributed by atoms with Gasteiger partial charge in [0.25, 0.3) is 0 Å². The molecule has 3 aromatic rings. The molecule has 158 valence electrons. The Morgan fingerprint density at radius 1 is 1.13 bits per heavy atom. The summed E-state index contributed by atoms with van der Waals surface area (Å²) in [5.41, 5.74) is 1.46. The quantitative estimate of drug-likeness (QED) is 0.484. The Balaban J connectivity index is 1.52. The number of fused-ring (bicyclic) bond motifs is 1. The number of carbonyl (C=O) groups is 2. The molecule has 1 aromatic carbocycles. The number of hydrogen-bond donors (Lipinski definition) is 3. The highest BCUT2D eigenvalue weighted by molar-refractivity contribution is 7.98. The first-order chi connectivity index (χ1) is 14.6. The monoisotopic (exact) mass is 430 g/mol. The number of hydrogen-bond acceptors (Lipinski definition) is 5. The zero-order valence-electron chi connectivity index (χ0n) is 16.5. The van der Waals surface area contributed by atoms with Gasteiger partial charge in [-0.05, 0) is 48.3 Å². The molecule has 0 saturated carbocycles. The van der Waals surface area contributed by atoms with Crippen LogP contribution in [0, 0.1) is 5.82 Å². The minimum atomic E-state index is -0.483. The fourth-order valence-corrected chi connectivity index (χ4v) is 3.32. The van der Waals surface area contributed by atoms with Crippen LogP contribution in [0.3, 0.4) is 0 Å². The number of benzene rings is 1. The highest BCUT2D eigenvalue weighted by atomic mass is 32.2. The maximum atomic E-state index is 12.9. The van der Waals surface area contributed by atoms with E-state index in [0.717, 1.165) is 11.3 Å². The van der Waals surface area contributed by atoms with E-state index in [2.05, 4.69) is 26.1 Å². The zero-order valence-corrected chi connectivity index (χ0v) is 17.3. The summed E-state index contributed by atoms with van der Waals surface area (Å²) in [6, 6.07) is 10.6. The maximum absolute atomic E-state index is 12.9. The molecule has 0 radical (unpaired) electrons. The Bertz CT molecular complexity index is 994. The van der Waals surface area contributed by atoms with Gasteiger partial charge in [-0.25, -0.2) is 9.18 Å². The van der Waals surface area contributed by atoms with Gasteiger partial charge in [0, 0.05) is 12.7 Å². The van der Waals surface area contributed by atoms with Crippen LogP contribution >= 0.6 is 11.8 Å². The Morgan fingerprint density at radius 3 is 2.70 bits per heavy atom. The van der Waals surface area contributed by atoms with E-state index in [4.69, 9.17) is 0 Å². The van der Waals surface area contributed by atoms with Gasteiger partial charge in [-0.2, -0.15) is 11.8 Å². The number of thioether (sulfide) groups is 1. The van der Waals surface area contributed by atoms with Gasteiger partial charge in [-0.1, -0.05) is 18.2 Å². The van der Waals surface area contributed by atoms with Crippen molar-refractivity contribution in [3.8, 4) is 0 Å². The predicted molar refractivity (Wildman–Crippen MR) is 114 cm³/mol. The normalized spacial score (nSPS) is 11.8. The largest absolute Gasteiger partial charge is 0.344 e. The highest BCUT2D eigenvalue weighted by Gasteiger charge is 2.20. The molecule has 0 fully saturated rings. The van der Waals surface area contributed by atoms with E-state index in [1.165, 1.54) is 12.1 Å². The topological polar surface area (TPSA) is 100 Å². The molecule has 3 amide bonds. The number of carbonyl (C=O) groups excluding carboxylic acids is 2. The average Bonchev–Trinajstić information content (AvgIpc) is 3.19. The average molecular weight is 431 g/mol. The van der Waals surface area contributed by atoms with Crippen LogP contribution in [0.2, 0.25) is 0 Å². The molecule has 0 aliphatic heterocycles. The molecule has 2 heterocycles. The summed E-state index contributed by atoms with van der Waals surface area (Å²) in [5.74, 6) is 0.814. The molecule has 0 aliphatic carbocycles. The first-order valence-electron chi connectivity index (χ1n) is 9.41. The molecule has 1 unspecified atom stereocenters. The smallest absolute Gasteiger partial charge is 0.315 e. The maximum Gasteiger partial charge on any atom is 0.315 e. The van der Waals surface area contributed by atoms with E-state index in [1.54, 1.807) is 23.9 Å². The third-order valence-electron chi connectivity index (χ3n) is 4.37. The minimum Gasteiger partial charge on any atom is -0.344 e. The predicted octanol–water partition coefficient (Wildman–Crippen LogP) is 2.28. The summed E-state index contributed by atoms with van der Waals surface area (Å²) in [6.07, 6.45) is 4.53. The van der Waals surface area contributed by atoms with Gasteiger partial charge < -0.3 is 16.0 Å². The third kappa shape index (κ3) is 5.93. The first kappa shape index (κ1) is 21.6. The summed E-state index contributed by atoms with van der Waals surface area (Å²) < 4.78 is 14.8. The summed E-state index contributed by atoms with van der Waals surface area (Å²) in [7, 11) is 0. The number of amides is 3. The van der Waals surface area contributed by atoms with Crippen LogP contribution in [-0.2, 0) is 11.3 Å². The molecule has 3 rings (SSSR count). The Labute approximate surface area is 177 Å². The van der Waals surface area contributed by atoms with Crippen molar-refractivity contribution in [1.29, 1.82) is 0 Å². The van der Waals surface area contributed by atoms with Crippen LogP contribution < -0.4 is 16.0 Å². The molecule has 0 aliphatic rings. The van der Waals surface area contributed by atoms with Crippen molar-refractivity contribution in [2.75, 3.05) is 18.6 Å². The zero-order chi connectivity index (χ0) is 21.3. The van der Waals surface area contributed by atoms with Crippen LogP contribution in [0.4, 0.5) is 9.18 Å². The van der Waals surface area contributed by atoms with E-state index in [0.29, 0.717) is 17.9 Å². The van der Waals surface area contributed by atoms with E-state index < -0.39 is 6.03 Å². The fourth-order valence-electron chi connectivity index (χ4n) is 2.85. The molecule has 8 nitrogen and oxygen atoms in total. The van der Waals surface area contributed by atoms with Crippen LogP contribution in [-0.4, -0.2) is 45.1 Å². The van der Waals surface area contributed by atoms with E-state index in [9.17, 15) is 14.0 Å². The van der Waals surface area contributed by atoms with Crippen LogP contribution in [0.25, 0.3) is 5.65 Å². The van der Waals surface area contributed by atoms with Gasteiger partial charge in [0.15, 0.2) is 11.5 Å². The number of rotatable bonds is 9. The molecule has 2 aromatic heterocycles. The van der Waals surface area contributed by atoms with Crippen molar-refractivity contribution >= 4 is 29.3 Å². The first-order valence-corrected chi connectivity index (χ1v) is 10.8. The molecular formula is C20H23FN6O2S. The van der Waals surface area contributed by atoms with Crippen LogP contribution in [0.1, 0.15) is 23.9 Å². The van der Waals surface area contributed by atoms with Crippen molar-refractivity contribution in [2.45, 2.75) is 19.0 Å². The summed E-state index contributed by atoms with van der Waals surface area (Å²) in [4.78, 5) is 24.3. The van der Waals surface area contributed by atoms with Crippen LogP contribution in [0.15, 0.2) is 48.7 Å². The minimum absolute atomic E-state index is 0.179. The van der Waals surface area contributed by atoms with E-state index in [1.807, 2.05) is 35.1 Å². The molecule has 0 bridgehead atoms. The van der Waals surface area contributed by atoms with Gasteiger partial charge in [0.2, 0.25) is 5.91 Å². The summed E-state index contributed by atoms with van der Waals surface area (Å²) in [6.45, 7) is 0.0531. The highest BCUT2D eigenvalue weighted by Crippen LogP contribution is 2.18. The molecule has 0 spiro atoms. The van der Waals surface area contributed by atoms with Gasteiger partial charge in [-0.3, -0.25) is 9.20 Å². The van der Waals surface area contributed by atoms with E-state index in [-0.39, 0.29) is 30.9 Å². The van der Waals surface area contributed by atoms with Crippen molar-refractivity contribution in [1.82, 2.24) is 30.5 Å². The third-order valence-corrected chi connectivity index (χ3v) is 5.02. The lowest BCUT2D eigenvalue weighted by atomic mass is 10.2. The van der Waals surface area contributed by atoms with Crippen molar-refractivity contribution in [2.24, 2.45) is 0 Å². The SMILES string of the molecule is CSCCC(NC(=O)CNC(=O)NCc1ccc(F)cc1)c1nnc2ccccn12. The lowest BCUT2D eigenvalue weighted by molar-refractivity contribution is -0.120. The molecule has 3 N–H and O–H groups in total. The van der Waals surface area contributed by atoms with Crippen molar-refractivity contribution < 1.29 is 14.0 Å². The molecular weight excluding hydrogens is 407 g/mol. The van der Waals surface area contributed by atoms with Gasteiger partial charge >= 0.3 is 6.03 Å². The Kier molecular flexibility index (Phi) is 7.61. The number of urea groups is 1. The van der Waals surface area contributed by atoms with Crippen molar-refractivity contribution in [3.05, 3.63) is 65.9 Å². The lowest BCUT2D eigenvalue weighted by Crippen LogP contribution is -2.43. The summed E-state index contributed by atoms with van der Waals surface area (Å²) >= 11 is 1.67. The summed E-state index contributed by atoms with van der Waals surface area (Å²) in [5, 5.41) is 16.4. The Hall–Kier alpha value is -3.14. The molecule has 0 saturated heterocycles. The number of pyridine rings is 1. The van der Waals surface area contributed by atoms with Crippen LogP contribution in [0.5, 0.6) is 0 Å². The van der Waals surface area contributed by atoms with Gasteiger partial charge in [0.05, 0.1) is 12.6 Å². The number of halogens is 1. The molecule has 30 heavy (non-hydrogen) atoms. The van der Waals surface area contributed by atoms with Gasteiger partial charge in [0.1, 0.15) is 5.82 Å². The van der Waals surface area contributed by atoms with E-state index >= 15 is 0 Å². The standard InChI is InChI=1S/C20H23FN6O2S/c1-30-11-9-16(19-26-25-17-4-2-3-10-27(17)19)24-18(28)13-23-20(29)22-12-14-5-7-15(21)8-6-14/h2-8,10,16H,9,11-13H2,1H3,(H,24,28)(H2,22,23,29). The lowest BCUT2D eigenvalue weighted by Gasteiger charge is -2.17. The molecule has 1 atom stereocenters. The van der Waals surface area contributed by atoms with Gasteiger partial charge in [-0.15, -0.1) is 10.2 Å². The molecule has 10 heteroatoms. The number of nitrogens with one attached hydrogen (secondary N) is 3. The second-order valence-corrected chi connectivity index (χ2v) is 7.54. The fraction of sp³-hybridized carbons (Fsp3) is 0.300. The second kappa shape index (κ2) is 10.6. The number of aromatic nitrogens is 3. The van der Waals surface area contributed by atoms with Crippen molar-refractivity contribution in [3.63, 3.8) is 0 Å². The second-order valence-electron chi connectivity index (χ2n) is 6.55.